The van der Waals surface area contributed by atoms with Gasteiger partial charge in [-0.25, -0.2) is 14.6 Å². The smallest absolute Gasteiger partial charge is 0.237 e. The van der Waals surface area contributed by atoms with Crippen LogP contribution in [0.2, 0.25) is 0 Å². The number of benzene rings is 2. The van der Waals surface area contributed by atoms with Crippen molar-refractivity contribution < 1.29 is 4.79 Å². The van der Waals surface area contributed by atoms with Crippen LogP contribution >= 0.6 is 11.8 Å². The Morgan fingerprint density at radius 1 is 1.10 bits per heavy atom. The Labute approximate surface area is 185 Å². The number of carbonyl (C=O) groups excluding carboxylic acids is 1. The van der Waals surface area contributed by atoms with Crippen molar-refractivity contribution in [1.29, 1.82) is 0 Å². The van der Waals surface area contributed by atoms with E-state index in [0.29, 0.717) is 5.75 Å². The first-order chi connectivity index (χ1) is 15.1. The highest BCUT2D eigenvalue weighted by molar-refractivity contribution is 8.00. The van der Waals surface area contributed by atoms with E-state index >= 15 is 0 Å². The molecule has 0 N–H and O–H groups in total. The Bertz CT molecular complexity index is 1280. The maximum Gasteiger partial charge on any atom is 0.237 e. The van der Waals surface area contributed by atoms with E-state index in [2.05, 4.69) is 53.2 Å². The number of para-hydroxylation sites is 1. The third kappa shape index (κ3) is 3.70. The van der Waals surface area contributed by atoms with Crippen molar-refractivity contribution in [2.45, 2.75) is 31.7 Å². The molecule has 7 heteroatoms. The first-order valence-corrected chi connectivity index (χ1v) is 11.4. The van der Waals surface area contributed by atoms with Gasteiger partial charge in [0.2, 0.25) is 5.91 Å². The fourth-order valence-corrected chi connectivity index (χ4v) is 4.99. The van der Waals surface area contributed by atoms with Crippen LogP contribution in [0.5, 0.6) is 0 Å². The van der Waals surface area contributed by atoms with Crippen LogP contribution in [0, 0.1) is 13.8 Å². The van der Waals surface area contributed by atoms with E-state index < -0.39 is 0 Å². The molecule has 0 aliphatic carbocycles. The molecule has 31 heavy (non-hydrogen) atoms. The molecule has 0 bridgehead atoms. The van der Waals surface area contributed by atoms with Gasteiger partial charge in [-0.3, -0.25) is 4.79 Å². The highest BCUT2D eigenvalue weighted by atomic mass is 32.2. The van der Waals surface area contributed by atoms with Gasteiger partial charge >= 0.3 is 0 Å². The third-order valence-corrected chi connectivity index (χ3v) is 6.64. The molecule has 0 saturated carbocycles. The molecule has 1 aliphatic heterocycles. The van der Waals surface area contributed by atoms with Gasteiger partial charge in [-0.2, -0.15) is 5.10 Å². The minimum absolute atomic E-state index is 0.102. The molecule has 6 nitrogen and oxygen atoms in total. The second-order valence-electron chi connectivity index (χ2n) is 7.83. The minimum Gasteiger partial charge on any atom is -0.311 e. The number of carbonyl (C=O) groups is 1. The van der Waals surface area contributed by atoms with E-state index in [-0.39, 0.29) is 5.91 Å². The Hall–Kier alpha value is -3.19. The van der Waals surface area contributed by atoms with E-state index in [9.17, 15) is 4.79 Å². The first kappa shape index (κ1) is 19.8. The topological polar surface area (TPSA) is 63.9 Å². The first-order valence-electron chi connectivity index (χ1n) is 10.4. The lowest BCUT2D eigenvalue weighted by Gasteiger charge is -2.29. The van der Waals surface area contributed by atoms with Crippen LogP contribution in [0.3, 0.4) is 0 Å². The number of thioether (sulfide) groups is 1. The molecule has 0 spiro atoms. The zero-order valence-corrected chi connectivity index (χ0v) is 18.4. The number of aryl methyl sites for hydroxylation is 3. The van der Waals surface area contributed by atoms with Gasteiger partial charge in [0.05, 0.1) is 23.0 Å². The molecular weight excluding hydrogens is 406 g/mol. The Morgan fingerprint density at radius 3 is 2.84 bits per heavy atom. The van der Waals surface area contributed by atoms with Crippen molar-refractivity contribution in [1.82, 2.24) is 19.7 Å². The lowest BCUT2D eigenvalue weighted by atomic mass is 10.0. The zero-order chi connectivity index (χ0) is 21.4. The van der Waals surface area contributed by atoms with Crippen molar-refractivity contribution in [3.05, 3.63) is 71.7 Å². The highest BCUT2D eigenvalue weighted by Crippen LogP contribution is 2.30. The molecule has 5 rings (SSSR count). The van der Waals surface area contributed by atoms with Crippen molar-refractivity contribution in [3.63, 3.8) is 0 Å². The molecule has 0 fully saturated rings. The molecule has 3 heterocycles. The van der Waals surface area contributed by atoms with Gasteiger partial charge in [0.15, 0.2) is 5.65 Å². The van der Waals surface area contributed by atoms with Crippen LogP contribution in [0.15, 0.2) is 60.0 Å². The van der Waals surface area contributed by atoms with Gasteiger partial charge in [-0.15, -0.1) is 0 Å². The maximum absolute atomic E-state index is 13.0. The molecular formula is C24H23N5OS. The van der Waals surface area contributed by atoms with E-state index in [0.717, 1.165) is 52.4 Å². The number of amides is 1. The zero-order valence-electron chi connectivity index (χ0n) is 17.6. The van der Waals surface area contributed by atoms with E-state index in [4.69, 9.17) is 0 Å². The molecule has 2 aromatic heterocycles. The summed E-state index contributed by atoms with van der Waals surface area (Å²) in [4.78, 5) is 23.8. The lowest BCUT2D eigenvalue weighted by molar-refractivity contribution is -0.116. The number of fused-ring (bicyclic) bond motifs is 2. The molecule has 2 aromatic carbocycles. The van der Waals surface area contributed by atoms with Gasteiger partial charge in [0.25, 0.3) is 0 Å². The SMILES string of the molecule is Cc1ccc(-n2ncc3c(SCC(=O)N4CCCc5ccccc54)ncnc32)c(C)c1. The fourth-order valence-electron chi connectivity index (χ4n) is 4.16. The van der Waals surface area contributed by atoms with Gasteiger partial charge in [-0.1, -0.05) is 47.7 Å². The largest absolute Gasteiger partial charge is 0.311 e. The molecule has 0 atom stereocenters. The summed E-state index contributed by atoms with van der Waals surface area (Å²) in [6.07, 6.45) is 5.36. The molecule has 0 unspecified atom stereocenters. The maximum atomic E-state index is 13.0. The summed E-state index contributed by atoms with van der Waals surface area (Å²) in [5.41, 5.74) is 6.37. The van der Waals surface area contributed by atoms with Gasteiger partial charge < -0.3 is 4.90 Å². The number of hydrogen-bond donors (Lipinski definition) is 0. The minimum atomic E-state index is 0.102. The van der Waals surface area contributed by atoms with Crippen LogP contribution in [0.25, 0.3) is 16.7 Å². The average molecular weight is 430 g/mol. The summed E-state index contributed by atoms with van der Waals surface area (Å²) < 4.78 is 1.85. The monoisotopic (exact) mass is 429 g/mol. The van der Waals surface area contributed by atoms with E-state index in [1.165, 1.54) is 22.9 Å². The van der Waals surface area contributed by atoms with Crippen molar-refractivity contribution in [2.75, 3.05) is 17.2 Å². The highest BCUT2D eigenvalue weighted by Gasteiger charge is 2.23. The summed E-state index contributed by atoms with van der Waals surface area (Å²) >= 11 is 1.45. The second kappa shape index (κ2) is 8.15. The van der Waals surface area contributed by atoms with Crippen molar-refractivity contribution in [2.24, 2.45) is 0 Å². The fraction of sp³-hybridized carbons (Fsp3) is 0.250. The van der Waals surface area contributed by atoms with E-state index in [1.54, 1.807) is 12.5 Å². The van der Waals surface area contributed by atoms with Gasteiger partial charge in [0.1, 0.15) is 11.4 Å². The summed E-state index contributed by atoms with van der Waals surface area (Å²) in [6.45, 7) is 4.91. The van der Waals surface area contributed by atoms with E-state index in [1.807, 2.05) is 27.8 Å². The molecule has 4 aromatic rings. The Kier molecular flexibility index (Phi) is 5.19. The number of anilines is 1. The lowest BCUT2D eigenvalue weighted by Crippen LogP contribution is -2.36. The number of aromatic nitrogens is 4. The average Bonchev–Trinajstić information content (AvgIpc) is 3.21. The van der Waals surface area contributed by atoms with Crippen LogP contribution in [-0.2, 0) is 11.2 Å². The number of nitrogens with zero attached hydrogens (tertiary/aromatic N) is 5. The Morgan fingerprint density at radius 2 is 1.97 bits per heavy atom. The van der Waals surface area contributed by atoms with Crippen LogP contribution in [0.4, 0.5) is 5.69 Å². The normalized spacial score (nSPS) is 13.4. The second-order valence-corrected chi connectivity index (χ2v) is 8.79. The molecule has 156 valence electrons. The Balaban J connectivity index is 1.40. The summed E-state index contributed by atoms with van der Waals surface area (Å²) in [6, 6.07) is 14.4. The van der Waals surface area contributed by atoms with Gasteiger partial charge in [0, 0.05) is 12.2 Å². The third-order valence-electron chi connectivity index (χ3n) is 5.65. The predicted molar refractivity (Wildman–Crippen MR) is 124 cm³/mol. The molecule has 0 saturated heterocycles. The quantitative estimate of drug-likeness (QED) is 0.353. The summed E-state index contributed by atoms with van der Waals surface area (Å²) in [5.74, 6) is 0.431. The van der Waals surface area contributed by atoms with Crippen LogP contribution in [0.1, 0.15) is 23.1 Å². The summed E-state index contributed by atoms with van der Waals surface area (Å²) in [5, 5.41) is 6.21. The molecule has 0 radical (unpaired) electrons. The standard InChI is InChI=1S/C24H23N5OS/c1-16-9-10-20(17(2)12-16)29-23-19(13-27-29)24(26-15-25-23)31-14-22(30)28-11-5-7-18-6-3-4-8-21(18)28/h3-4,6,8-10,12-13,15H,5,7,11,14H2,1-2H3. The van der Waals surface area contributed by atoms with Crippen LogP contribution in [-0.4, -0.2) is 38.0 Å². The van der Waals surface area contributed by atoms with Crippen molar-refractivity contribution in [3.8, 4) is 5.69 Å². The predicted octanol–water partition coefficient (Wildman–Crippen LogP) is 4.50. The number of rotatable bonds is 4. The van der Waals surface area contributed by atoms with Crippen LogP contribution < -0.4 is 4.90 Å². The molecule has 1 aliphatic rings. The number of hydrogen-bond acceptors (Lipinski definition) is 5. The van der Waals surface area contributed by atoms with Crippen molar-refractivity contribution >= 4 is 34.4 Å². The summed E-state index contributed by atoms with van der Waals surface area (Å²) in [7, 11) is 0. The molecule has 1 amide bonds. The van der Waals surface area contributed by atoms with Gasteiger partial charge in [-0.05, 0) is 49.9 Å².